The Hall–Kier alpha value is -1.92. The highest BCUT2D eigenvalue weighted by Crippen LogP contribution is 2.14. The van der Waals surface area contributed by atoms with Crippen molar-refractivity contribution in [2.24, 2.45) is 0 Å². The summed E-state index contributed by atoms with van der Waals surface area (Å²) in [7, 11) is 0. The molecule has 0 radical (unpaired) electrons. The normalized spacial score (nSPS) is 10.6. The summed E-state index contributed by atoms with van der Waals surface area (Å²) in [5.74, 6) is 0.798. The Labute approximate surface area is 121 Å². The molecule has 0 saturated heterocycles. The highest BCUT2D eigenvalue weighted by molar-refractivity contribution is 6.30. The van der Waals surface area contributed by atoms with E-state index in [4.69, 9.17) is 11.6 Å². The molecule has 0 saturated carbocycles. The summed E-state index contributed by atoms with van der Waals surface area (Å²) < 4.78 is 1.41. The van der Waals surface area contributed by atoms with E-state index < -0.39 is 5.69 Å². The Bertz CT molecular complexity index is 655. The lowest BCUT2D eigenvalue weighted by Gasteiger charge is -2.11. The summed E-state index contributed by atoms with van der Waals surface area (Å²) in [5.41, 5.74) is 5.98. The Balaban J connectivity index is 2.34. The summed E-state index contributed by atoms with van der Waals surface area (Å²) in [4.78, 5) is 20.2. The van der Waals surface area contributed by atoms with Gasteiger partial charge in [-0.05, 0) is 31.5 Å². The second-order valence-corrected chi connectivity index (χ2v) is 4.68. The van der Waals surface area contributed by atoms with Gasteiger partial charge in [0, 0.05) is 11.6 Å². The number of aromatic nitrogens is 3. The number of nitrogens with one attached hydrogen (secondary N) is 2. The zero-order chi connectivity index (χ0) is 14.5. The van der Waals surface area contributed by atoms with Crippen LogP contribution in [0.5, 0.6) is 0 Å². The van der Waals surface area contributed by atoms with Gasteiger partial charge in [-0.15, -0.1) is 0 Å². The van der Waals surface area contributed by atoms with Crippen molar-refractivity contribution in [3.8, 4) is 5.69 Å². The number of aryl methyl sites for hydroxylation is 1. The summed E-state index contributed by atoms with van der Waals surface area (Å²) in [5, 5.41) is 0.556. The first-order valence-corrected chi connectivity index (χ1v) is 6.72. The fourth-order valence-electron chi connectivity index (χ4n) is 1.74. The Morgan fingerprint density at radius 1 is 1.35 bits per heavy atom. The maximum absolute atomic E-state index is 12.1. The van der Waals surface area contributed by atoms with Gasteiger partial charge in [-0.25, -0.2) is 14.8 Å². The number of benzene rings is 1. The van der Waals surface area contributed by atoms with Gasteiger partial charge in [0.25, 0.3) is 0 Å². The third-order valence-corrected chi connectivity index (χ3v) is 2.86. The highest BCUT2D eigenvalue weighted by Gasteiger charge is 2.08. The fraction of sp³-hybridized carbons (Fsp3) is 0.308. The average Bonchev–Trinajstić information content (AvgIpc) is 2.38. The van der Waals surface area contributed by atoms with E-state index in [0.29, 0.717) is 16.5 Å². The maximum Gasteiger partial charge on any atom is 0.356 e. The van der Waals surface area contributed by atoms with Gasteiger partial charge in [0.15, 0.2) is 0 Å². The first kappa shape index (κ1) is 14.5. The highest BCUT2D eigenvalue weighted by atomic mass is 35.5. The Kier molecular flexibility index (Phi) is 4.70. The molecule has 0 aliphatic heterocycles. The van der Waals surface area contributed by atoms with Crippen molar-refractivity contribution in [2.75, 3.05) is 12.0 Å². The number of nitrogens with zero attached hydrogens (tertiary/aromatic N) is 3. The van der Waals surface area contributed by atoms with E-state index in [-0.39, 0.29) is 5.95 Å². The predicted molar refractivity (Wildman–Crippen MR) is 79.3 cm³/mol. The number of hydrazine groups is 1. The first-order valence-electron chi connectivity index (χ1n) is 6.34. The van der Waals surface area contributed by atoms with Gasteiger partial charge in [0.1, 0.15) is 5.82 Å². The number of hydrogen-bond donors (Lipinski definition) is 2. The van der Waals surface area contributed by atoms with Crippen molar-refractivity contribution >= 4 is 17.5 Å². The van der Waals surface area contributed by atoms with Crippen molar-refractivity contribution in [1.29, 1.82) is 0 Å². The summed E-state index contributed by atoms with van der Waals surface area (Å²) in [6.45, 7) is 4.55. The average molecular weight is 294 g/mol. The van der Waals surface area contributed by atoms with E-state index in [1.807, 2.05) is 6.92 Å². The molecule has 0 unspecified atom stereocenters. The molecule has 20 heavy (non-hydrogen) atoms. The molecule has 2 N–H and O–H groups in total. The van der Waals surface area contributed by atoms with Crippen LogP contribution in [0.3, 0.4) is 0 Å². The van der Waals surface area contributed by atoms with Crippen LogP contribution >= 0.6 is 11.6 Å². The van der Waals surface area contributed by atoms with Gasteiger partial charge < -0.3 is 0 Å². The molecule has 0 bridgehead atoms. The Morgan fingerprint density at radius 2 is 2.15 bits per heavy atom. The van der Waals surface area contributed by atoms with Gasteiger partial charge in [-0.1, -0.05) is 24.6 Å². The smallest absolute Gasteiger partial charge is 0.289 e. The zero-order valence-electron chi connectivity index (χ0n) is 11.4. The quantitative estimate of drug-likeness (QED) is 0.651. The molecule has 0 aliphatic rings. The van der Waals surface area contributed by atoms with Crippen LogP contribution in [0.2, 0.25) is 5.02 Å². The van der Waals surface area contributed by atoms with Crippen LogP contribution in [0, 0.1) is 6.92 Å². The zero-order valence-corrected chi connectivity index (χ0v) is 12.1. The molecule has 7 heteroatoms. The monoisotopic (exact) mass is 293 g/mol. The van der Waals surface area contributed by atoms with E-state index in [1.54, 1.807) is 31.2 Å². The number of halogens is 1. The molecule has 0 spiro atoms. The number of anilines is 1. The van der Waals surface area contributed by atoms with Crippen LogP contribution < -0.4 is 16.5 Å². The molecule has 0 fully saturated rings. The van der Waals surface area contributed by atoms with E-state index in [1.165, 1.54) is 4.57 Å². The van der Waals surface area contributed by atoms with Crippen LogP contribution in [0.15, 0.2) is 29.1 Å². The predicted octanol–water partition coefficient (Wildman–Crippen LogP) is 1.92. The molecule has 0 amide bonds. The molecular weight excluding hydrogens is 278 g/mol. The molecule has 1 heterocycles. The lowest BCUT2D eigenvalue weighted by molar-refractivity contribution is 0.732. The van der Waals surface area contributed by atoms with Crippen molar-refractivity contribution in [3.05, 3.63) is 45.6 Å². The Morgan fingerprint density at radius 3 is 2.80 bits per heavy atom. The number of rotatable bonds is 5. The van der Waals surface area contributed by atoms with Gasteiger partial charge >= 0.3 is 5.69 Å². The molecule has 2 rings (SSSR count). The maximum atomic E-state index is 12.1. The fourth-order valence-corrected chi connectivity index (χ4v) is 1.93. The van der Waals surface area contributed by atoms with Crippen LogP contribution in [-0.2, 0) is 0 Å². The van der Waals surface area contributed by atoms with E-state index in [2.05, 4.69) is 20.8 Å². The van der Waals surface area contributed by atoms with E-state index in [9.17, 15) is 4.79 Å². The lowest BCUT2D eigenvalue weighted by atomic mass is 10.3. The standard InChI is InChI=1S/C13H16ClN5O/c1-3-7-15-18-12-16-9(2)19(13(20)17-12)11-6-4-5-10(14)8-11/h4-6,8,15H,3,7H2,1-2H3,(H,17,18,20). The minimum Gasteiger partial charge on any atom is -0.289 e. The molecule has 2 aromatic rings. The molecule has 1 aromatic heterocycles. The van der Waals surface area contributed by atoms with Gasteiger partial charge in [0.05, 0.1) is 5.69 Å². The number of hydrogen-bond acceptors (Lipinski definition) is 5. The van der Waals surface area contributed by atoms with E-state index >= 15 is 0 Å². The molecule has 106 valence electrons. The van der Waals surface area contributed by atoms with Crippen molar-refractivity contribution < 1.29 is 0 Å². The third kappa shape index (κ3) is 3.34. The van der Waals surface area contributed by atoms with Gasteiger partial charge in [-0.3, -0.25) is 5.43 Å². The second kappa shape index (κ2) is 6.49. The van der Waals surface area contributed by atoms with Crippen LogP contribution in [0.4, 0.5) is 5.95 Å². The second-order valence-electron chi connectivity index (χ2n) is 4.24. The van der Waals surface area contributed by atoms with Crippen molar-refractivity contribution in [2.45, 2.75) is 20.3 Å². The molecular formula is C13H16ClN5O. The van der Waals surface area contributed by atoms with Crippen molar-refractivity contribution in [1.82, 2.24) is 20.0 Å². The third-order valence-electron chi connectivity index (χ3n) is 2.63. The summed E-state index contributed by atoms with van der Waals surface area (Å²) in [6.07, 6.45) is 0.964. The molecule has 0 aliphatic carbocycles. The van der Waals surface area contributed by atoms with E-state index in [0.717, 1.165) is 13.0 Å². The molecule has 0 atom stereocenters. The molecule has 6 nitrogen and oxygen atoms in total. The van der Waals surface area contributed by atoms with Gasteiger partial charge in [-0.2, -0.15) is 9.97 Å². The van der Waals surface area contributed by atoms with Crippen LogP contribution in [0.25, 0.3) is 5.69 Å². The summed E-state index contributed by atoms with van der Waals surface area (Å²) in [6, 6.07) is 7.00. The molecule has 1 aromatic carbocycles. The minimum absolute atomic E-state index is 0.263. The summed E-state index contributed by atoms with van der Waals surface area (Å²) >= 11 is 5.94. The van der Waals surface area contributed by atoms with Crippen LogP contribution in [-0.4, -0.2) is 21.1 Å². The first-order chi connectivity index (χ1) is 9.61. The van der Waals surface area contributed by atoms with Gasteiger partial charge in [0.2, 0.25) is 5.95 Å². The van der Waals surface area contributed by atoms with Crippen molar-refractivity contribution in [3.63, 3.8) is 0 Å². The SMILES string of the molecule is CCCNNc1nc(C)n(-c2cccc(Cl)c2)c(=O)n1. The van der Waals surface area contributed by atoms with Crippen LogP contribution in [0.1, 0.15) is 19.2 Å². The lowest BCUT2D eigenvalue weighted by Crippen LogP contribution is -2.30. The minimum atomic E-state index is -0.402. The topological polar surface area (TPSA) is 71.8 Å². The largest absolute Gasteiger partial charge is 0.356 e.